The summed E-state index contributed by atoms with van der Waals surface area (Å²) in [5.74, 6) is -1.30. The quantitative estimate of drug-likeness (QED) is 0.876. The molecule has 0 spiro atoms. The smallest absolute Gasteiger partial charge is 0.340 e. The fourth-order valence-corrected chi connectivity index (χ4v) is 3.94. The number of H-pyrrole nitrogens is 1. The van der Waals surface area contributed by atoms with E-state index in [4.69, 9.17) is 5.11 Å². The van der Waals surface area contributed by atoms with Crippen LogP contribution in [0.3, 0.4) is 0 Å². The van der Waals surface area contributed by atoms with Crippen LogP contribution in [0, 0.1) is 5.41 Å². The third-order valence-electron chi connectivity index (χ3n) is 3.73. The zero-order chi connectivity index (χ0) is 15.0. The summed E-state index contributed by atoms with van der Waals surface area (Å²) < 4.78 is 26.4. The molecule has 2 rings (SSSR count). The van der Waals surface area contributed by atoms with Crippen molar-refractivity contribution in [3.05, 3.63) is 11.8 Å². The number of sulfonamides is 1. The van der Waals surface area contributed by atoms with Crippen LogP contribution < -0.4 is 0 Å². The van der Waals surface area contributed by atoms with Crippen LogP contribution in [0.1, 0.15) is 43.5 Å². The predicted molar refractivity (Wildman–Crippen MR) is 71.9 cm³/mol. The number of carbonyl (C=O) groups is 1. The molecule has 8 heteroatoms. The molecule has 0 bridgehead atoms. The summed E-state index contributed by atoms with van der Waals surface area (Å²) in [7, 11) is -3.83. The van der Waals surface area contributed by atoms with E-state index in [0.717, 1.165) is 25.5 Å². The fourth-order valence-electron chi connectivity index (χ4n) is 2.39. The van der Waals surface area contributed by atoms with E-state index < -0.39 is 16.0 Å². The van der Waals surface area contributed by atoms with Gasteiger partial charge in [-0.15, -0.1) is 0 Å². The molecule has 0 amide bonds. The maximum absolute atomic E-state index is 12.5. The Morgan fingerprint density at radius 3 is 2.75 bits per heavy atom. The fraction of sp³-hybridized carbons (Fsp3) is 0.667. The van der Waals surface area contributed by atoms with Gasteiger partial charge in [0.2, 0.25) is 0 Å². The van der Waals surface area contributed by atoms with Crippen molar-refractivity contribution < 1.29 is 18.3 Å². The van der Waals surface area contributed by atoms with Crippen molar-refractivity contribution in [1.29, 1.82) is 0 Å². The Balaban J connectivity index is 2.31. The summed E-state index contributed by atoms with van der Waals surface area (Å²) in [6.45, 7) is 5.03. The van der Waals surface area contributed by atoms with Crippen molar-refractivity contribution in [2.24, 2.45) is 5.41 Å². The molecule has 2 heterocycles. The van der Waals surface area contributed by atoms with Crippen molar-refractivity contribution in [2.75, 3.05) is 13.1 Å². The Labute approximate surface area is 118 Å². The van der Waals surface area contributed by atoms with E-state index in [1.807, 2.05) is 0 Å². The monoisotopic (exact) mass is 301 g/mol. The number of carboxylic acid groups (broad SMARTS) is 1. The molecule has 0 radical (unpaired) electrons. The molecule has 7 nitrogen and oxygen atoms in total. The second-order valence-corrected chi connectivity index (χ2v) is 7.71. The van der Waals surface area contributed by atoms with Gasteiger partial charge in [-0.25, -0.2) is 13.2 Å². The average molecular weight is 301 g/mol. The summed E-state index contributed by atoms with van der Waals surface area (Å²) in [6.07, 6.45) is 3.50. The number of hydrogen-bond donors (Lipinski definition) is 2. The van der Waals surface area contributed by atoms with Crippen LogP contribution in [0.2, 0.25) is 0 Å². The van der Waals surface area contributed by atoms with Crippen molar-refractivity contribution >= 4 is 16.0 Å². The molecule has 0 aromatic carbocycles. The van der Waals surface area contributed by atoms with E-state index in [0.29, 0.717) is 13.1 Å². The molecule has 20 heavy (non-hydrogen) atoms. The molecule has 0 aliphatic carbocycles. The van der Waals surface area contributed by atoms with E-state index in [1.165, 1.54) is 4.31 Å². The second kappa shape index (κ2) is 5.17. The number of aromatic nitrogens is 2. The molecule has 0 unspecified atom stereocenters. The lowest BCUT2D eigenvalue weighted by Gasteiger charge is -2.22. The summed E-state index contributed by atoms with van der Waals surface area (Å²) in [5.41, 5.74) is -0.207. The van der Waals surface area contributed by atoms with Gasteiger partial charge in [0, 0.05) is 13.1 Å². The lowest BCUT2D eigenvalue weighted by atomic mass is 9.85. The van der Waals surface area contributed by atoms with E-state index in [2.05, 4.69) is 24.0 Å². The molecule has 2 N–H and O–H groups in total. The number of aromatic carboxylic acids is 1. The van der Waals surface area contributed by atoms with Crippen molar-refractivity contribution in [3.8, 4) is 0 Å². The third-order valence-corrected chi connectivity index (χ3v) is 5.60. The van der Waals surface area contributed by atoms with Gasteiger partial charge in [-0.2, -0.15) is 9.40 Å². The molecule has 1 aromatic rings. The molecular weight excluding hydrogens is 282 g/mol. The van der Waals surface area contributed by atoms with Crippen LogP contribution in [0.25, 0.3) is 0 Å². The first kappa shape index (κ1) is 15.0. The highest BCUT2D eigenvalue weighted by atomic mass is 32.2. The van der Waals surface area contributed by atoms with Crippen LogP contribution in [0.5, 0.6) is 0 Å². The Morgan fingerprint density at radius 2 is 2.10 bits per heavy atom. The predicted octanol–water partition coefficient (Wildman–Crippen LogP) is 1.31. The van der Waals surface area contributed by atoms with Gasteiger partial charge in [0.1, 0.15) is 5.56 Å². The molecule has 1 aromatic heterocycles. The van der Waals surface area contributed by atoms with Crippen molar-refractivity contribution in [2.45, 2.75) is 38.1 Å². The number of rotatable bonds is 3. The molecule has 0 atom stereocenters. The first-order valence-electron chi connectivity index (χ1n) is 6.51. The molecule has 112 valence electrons. The SMILES string of the molecule is CC1(C)CCCN(S(=O)(=O)c2[nH]ncc2C(=O)O)CC1. The van der Waals surface area contributed by atoms with Crippen LogP contribution in [0.15, 0.2) is 11.2 Å². The van der Waals surface area contributed by atoms with Crippen LogP contribution in [-0.2, 0) is 10.0 Å². The third kappa shape index (κ3) is 2.85. The minimum Gasteiger partial charge on any atom is -0.478 e. The number of carboxylic acids is 1. The van der Waals surface area contributed by atoms with Gasteiger partial charge in [0.25, 0.3) is 10.0 Å². The van der Waals surface area contributed by atoms with Gasteiger partial charge in [-0.05, 0) is 24.7 Å². The minimum atomic E-state index is -3.83. The molecule has 1 aliphatic heterocycles. The molecular formula is C12H19N3O4S. The molecule has 1 saturated heterocycles. The first-order valence-corrected chi connectivity index (χ1v) is 7.95. The Hall–Kier alpha value is -1.41. The molecule has 0 saturated carbocycles. The zero-order valence-corrected chi connectivity index (χ0v) is 12.4. The van der Waals surface area contributed by atoms with Gasteiger partial charge >= 0.3 is 5.97 Å². The maximum atomic E-state index is 12.5. The van der Waals surface area contributed by atoms with Crippen LogP contribution >= 0.6 is 0 Å². The van der Waals surface area contributed by atoms with E-state index >= 15 is 0 Å². The second-order valence-electron chi connectivity index (χ2n) is 5.84. The first-order chi connectivity index (χ1) is 9.24. The molecule has 1 aliphatic rings. The van der Waals surface area contributed by atoms with E-state index in [9.17, 15) is 13.2 Å². The van der Waals surface area contributed by atoms with Crippen LogP contribution in [0.4, 0.5) is 0 Å². The lowest BCUT2D eigenvalue weighted by Crippen LogP contribution is -2.33. The largest absolute Gasteiger partial charge is 0.478 e. The topological polar surface area (TPSA) is 103 Å². The number of aromatic amines is 1. The number of nitrogens with one attached hydrogen (secondary N) is 1. The van der Waals surface area contributed by atoms with Crippen molar-refractivity contribution in [3.63, 3.8) is 0 Å². The maximum Gasteiger partial charge on any atom is 0.340 e. The minimum absolute atomic E-state index is 0.105. The summed E-state index contributed by atoms with van der Waals surface area (Å²) in [6, 6.07) is 0. The zero-order valence-electron chi connectivity index (χ0n) is 11.6. The average Bonchev–Trinajstić information content (AvgIpc) is 2.76. The lowest BCUT2D eigenvalue weighted by molar-refractivity contribution is 0.0692. The van der Waals surface area contributed by atoms with Crippen molar-refractivity contribution in [1.82, 2.24) is 14.5 Å². The highest BCUT2D eigenvalue weighted by Crippen LogP contribution is 2.31. The highest BCUT2D eigenvalue weighted by molar-refractivity contribution is 7.89. The summed E-state index contributed by atoms with van der Waals surface area (Å²) in [5, 5.41) is 14.5. The Kier molecular flexibility index (Phi) is 3.88. The standard InChI is InChI=1S/C12H19N3O4S/c1-12(2)4-3-6-15(7-5-12)20(18,19)10-9(11(16)17)8-13-14-10/h8H,3-7H2,1-2H3,(H,13,14)(H,16,17). The highest BCUT2D eigenvalue weighted by Gasteiger charge is 2.34. The van der Waals surface area contributed by atoms with Gasteiger partial charge in [-0.3, -0.25) is 5.10 Å². The van der Waals surface area contributed by atoms with Gasteiger partial charge in [-0.1, -0.05) is 13.8 Å². The summed E-state index contributed by atoms with van der Waals surface area (Å²) in [4.78, 5) is 11.0. The van der Waals surface area contributed by atoms with Gasteiger partial charge in [0.05, 0.1) is 6.20 Å². The number of nitrogens with zero attached hydrogens (tertiary/aromatic N) is 2. The summed E-state index contributed by atoms with van der Waals surface area (Å²) >= 11 is 0. The van der Waals surface area contributed by atoms with E-state index in [-0.39, 0.29) is 16.0 Å². The van der Waals surface area contributed by atoms with E-state index in [1.54, 1.807) is 0 Å². The molecule has 1 fully saturated rings. The Morgan fingerprint density at radius 1 is 1.40 bits per heavy atom. The number of hydrogen-bond acceptors (Lipinski definition) is 4. The van der Waals surface area contributed by atoms with Crippen LogP contribution in [-0.4, -0.2) is 47.1 Å². The normalized spacial score (nSPS) is 20.5. The van der Waals surface area contributed by atoms with Gasteiger partial charge in [0.15, 0.2) is 5.03 Å². The Bertz CT molecular complexity index is 606. The van der Waals surface area contributed by atoms with Gasteiger partial charge < -0.3 is 5.11 Å².